The summed E-state index contributed by atoms with van der Waals surface area (Å²) in [6.07, 6.45) is 14.9. The van der Waals surface area contributed by atoms with E-state index in [1.807, 2.05) is 6.92 Å². The highest BCUT2D eigenvalue weighted by Crippen LogP contribution is 2.43. The standard InChI is InChI=1S/C16H36O2P2.C4H8O.C2H8P2/c1-5-11-19(13-9-17-7-3)15-16-20(12-6-2)14-10-18-8-4;1-3-5-4-2;3-1-2-4/h5-16H2,1-4H3;3H,1,4H2,2H3;1-4H2. The van der Waals surface area contributed by atoms with Gasteiger partial charge in [0, 0.05) is 13.2 Å². The Morgan fingerprint density at radius 1 is 0.655 bits per heavy atom. The van der Waals surface area contributed by atoms with Crippen molar-refractivity contribution in [2.75, 3.05) is 82.3 Å². The lowest BCUT2D eigenvalue weighted by Crippen LogP contribution is -2.08. The summed E-state index contributed by atoms with van der Waals surface area (Å²) in [6, 6.07) is 0. The molecule has 0 amide bonds. The molecule has 4 unspecified atom stereocenters. The zero-order valence-corrected chi connectivity index (χ0v) is 24.3. The van der Waals surface area contributed by atoms with Crippen molar-refractivity contribution in [1.82, 2.24) is 0 Å². The van der Waals surface area contributed by atoms with Gasteiger partial charge >= 0.3 is 0 Å². The first-order chi connectivity index (χ1) is 14.1. The van der Waals surface area contributed by atoms with Crippen LogP contribution < -0.4 is 0 Å². The first kappa shape index (κ1) is 34.8. The van der Waals surface area contributed by atoms with E-state index >= 15 is 0 Å². The zero-order chi connectivity index (χ0) is 22.6. The molecule has 0 fully saturated rings. The third kappa shape index (κ3) is 34.0. The van der Waals surface area contributed by atoms with Gasteiger partial charge in [-0.25, -0.2) is 0 Å². The molecule has 3 nitrogen and oxygen atoms in total. The van der Waals surface area contributed by atoms with Crippen LogP contribution in [0.2, 0.25) is 0 Å². The van der Waals surface area contributed by atoms with Gasteiger partial charge in [-0.15, -0.1) is 34.3 Å². The van der Waals surface area contributed by atoms with Crippen molar-refractivity contribution in [3.8, 4) is 0 Å². The maximum atomic E-state index is 5.55. The van der Waals surface area contributed by atoms with E-state index in [4.69, 9.17) is 9.47 Å². The molecule has 29 heavy (non-hydrogen) atoms. The van der Waals surface area contributed by atoms with Crippen LogP contribution in [0.15, 0.2) is 12.8 Å². The molecule has 178 valence electrons. The highest BCUT2D eigenvalue weighted by molar-refractivity contribution is 7.61. The molecule has 0 aliphatic carbocycles. The minimum absolute atomic E-state index is 0.216. The Kier molecular flexibility index (Phi) is 40.6. The van der Waals surface area contributed by atoms with E-state index in [0.717, 1.165) is 33.0 Å². The average molecular weight is 489 g/mol. The molecule has 0 saturated carbocycles. The van der Waals surface area contributed by atoms with E-state index in [-0.39, 0.29) is 15.8 Å². The maximum absolute atomic E-state index is 5.55. The molecule has 0 spiro atoms. The summed E-state index contributed by atoms with van der Waals surface area (Å²) < 4.78 is 15.7. The van der Waals surface area contributed by atoms with Crippen LogP contribution in [0.25, 0.3) is 0 Å². The lowest BCUT2D eigenvalue weighted by atomic mass is 10.6. The van der Waals surface area contributed by atoms with Gasteiger partial charge in [-0.1, -0.05) is 33.3 Å². The Balaban J connectivity index is -0.000000623. The van der Waals surface area contributed by atoms with Gasteiger partial charge < -0.3 is 14.2 Å². The van der Waals surface area contributed by atoms with Gasteiger partial charge in [0.15, 0.2) is 0 Å². The third-order valence-electron chi connectivity index (χ3n) is 3.78. The van der Waals surface area contributed by atoms with Crippen LogP contribution in [-0.4, -0.2) is 82.3 Å². The minimum Gasteiger partial charge on any atom is -0.502 e. The van der Waals surface area contributed by atoms with Crippen LogP contribution >= 0.6 is 34.3 Å². The number of hydrogen-bond acceptors (Lipinski definition) is 3. The van der Waals surface area contributed by atoms with Gasteiger partial charge in [-0.3, -0.25) is 0 Å². The highest BCUT2D eigenvalue weighted by atomic mass is 31.1. The van der Waals surface area contributed by atoms with E-state index in [9.17, 15) is 0 Å². The Hall–Kier alpha value is 1.18. The van der Waals surface area contributed by atoms with Crippen LogP contribution in [-0.2, 0) is 14.2 Å². The molecule has 0 radical (unpaired) electrons. The van der Waals surface area contributed by atoms with Gasteiger partial charge in [-0.05, 0) is 70.1 Å². The largest absolute Gasteiger partial charge is 0.502 e. The molecule has 0 aromatic heterocycles. The molecule has 4 atom stereocenters. The van der Waals surface area contributed by atoms with Gasteiger partial charge in [-0.2, -0.15) is 0 Å². The normalized spacial score (nSPS) is 12.1. The molecule has 0 aromatic rings. The first-order valence-corrected chi connectivity index (χ1v) is 16.8. The molecule has 0 aromatic carbocycles. The quantitative estimate of drug-likeness (QED) is 0.121. The summed E-state index contributed by atoms with van der Waals surface area (Å²) in [4.78, 5) is 0. The number of ether oxygens (including phenoxy) is 3. The van der Waals surface area contributed by atoms with Gasteiger partial charge in [0.1, 0.15) is 0 Å². The third-order valence-corrected chi connectivity index (χ3v) is 11.0. The molecule has 0 N–H and O–H groups in total. The zero-order valence-electron chi connectivity index (χ0n) is 20.2. The van der Waals surface area contributed by atoms with Crippen LogP contribution in [0, 0.1) is 0 Å². The smallest absolute Gasteiger partial charge is 0.0844 e. The molecule has 0 saturated heterocycles. The van der Waals surface area contributed by atoms with Crippen LogP contribution in [0.1, 0.15) is 47.5 Å². The molecule has 0 bridgehead atoms. The summed E-state index contributed by atoms with van der Waals surface area (Å²) in [7, 11) is 5.70. The molecule has 0 heterocycles. The van der Waals surface area contributed by atoms with Crippen molar-refractivity contribution >= 4 is 34.3 Å². The second kappa shape index (κ2) is 33.8. The van der Waals surface area contributed by atoms with Crippen molar-refractivity contribution in [2.45, 2.75) is 47.5 Å². The predicted molar refractivity (Wildman–Crippen MR) is 148 cm³/mol. The number of rotatable bonds is 18. The van der Waals surface area contributed by atoms with E-state index in [2.05, 4.69) is 57.5 Å². The Labute approximate surface area is 191 Å². The van der Waals surface area contributed by atoms with E-state index in [0.29, 0.717) is 0 Å². The van der Waals surface area contributed by atoms with Crippen molar-refractivity contribution in [3.63, 3.8) is 0 Å². The first-order valence-electron chi connectivity index (χ1n) is 11.3. The lowest BCUT2D eigenvalue weighted by Gasteiger charge is -2.22. The summed E-state index contributed by atoms with van der Waals surface area (Å²) in [5, 5.41) is 0. The van der Waals surface area contributed by atoms with Gasteiger partial charge in [0.2, 0.25) is 0 Å². The fourth-order valence-corrected chi connectivity index (χ4v) is 8.02. The summed E-state index contributed by atoms with van der Waals surface area (Å²) >= 11 is 0. The second-order valence-corrected chi connectivity index (χ2v) is 12.8. The minimum atomic E-state index is 0.216. The fourth-order valence-electron chi connectivity index (χ4n) is 2.38. The maximum Gasteiger partial charge on any atom is 0.0844 e. The van der Waals surface area contributed by atoms with Crippen molar-refractivity contribution < 1.29 is 14.2 Å². The van der Waals surface area contributed by atoms with Crippen LogP contribution in [0.3, 0.4) is 0 Å². The highest BCUT2D eigenvalue weighted by Gasteiger charge is 2.12. The molecule has 7 heteroatoms. The molecule has 0 rings (SSSR count). The van der Waals surface area contributed by atoms with Gasteiger partial charge in [0.05, 0.1) is 26.1 Å². The Bertz CT molecular complexity index is 263. The van der Waals surface area contributed by atoms with Crippen molar-refractivity contribution in [3.05, 3.63) is 12.8 Å². The van der Waals surface area contributed by atoms with E-state index < -0.39 is 0 Å². The summed E-state index contributed by atoms with van der Waals surface area (Å²) in [6.45, 7) is 18.5. The van der Waals surface area contributed by atoms with E-state index in [1.54, 1.807) is 0 Å². The van der Waals surface area contributed by atoms with Crippen LogP contribution in [0.5, 0.6) is 0 Å². The van der Waals surface area contributed by atoms with Crippen molar-refractivity contribution in [1.29, 1.82) is 0 Å². The molecular formula is C22H52O3P4. The summed E-state index contributed by atoms with van der Waals surface area (Å²) in [5.74, 6) is 0. The molecule has 0 aliphatic rings. The second-order valence-electron chi connectivity index (χ2n) is 6.28. The SMILES string of the molecule is C=COCC.CCCP(CCOCC)CCP(CCC)CCOCC.PCCP. The van der Waals surface area contributed by atoms with E-state index in [1.165, 1.54) is 68.4 Å². The van der Waals surface area contributed by atoms with Gasteiger partial charge in [0.25, 0.3) is 0 Å². The summed E-state index contributed by atoms with van der Waals surface area (Å²) in [5.41, 5.74) is 0. The average Bonchev–Trinajstić information content (AvgIpc) is 2.73. The molecule has 0 aliphatic heterocycles. The number of hydrogen-bond donors (Lipinski definition) is 0. The van der Waals surface area contributed by atoms with Crippen LogP contribution in [0.4, 0.5) is 0 Å². The predicted octanol–water partition coefficient (Wildman–Crippen LogP) is 6.75. The van der Waals surface area contributed by atoms with Crippen molar-refractivity contribution in [2.24, 2.45) is 0 Å². The monoisotopic (exact) mass is 488 g/mol. The Morgan fingerprint density at radius 2 is 1.07 bits per heavy atom. The molecular weight excluding hydrogens is 436 g/mol. The lowest BCUT2D eigenvalue weighted by molar-refractivity contribution is 0.163. The topological polar surface area (TPSA) is 27.7 Å². The Morgan fingerprint density at radius 3 is 1.28 bits per heavy atom. The fraction of sp³-hybridized carbons (Fsp3) is 0.909.